The molecule has 0 saturated heterocycles. The lowest BCUT2D eigenvalue weighted by Crippen LogP contribution is -2.05. The van der Waals surface area contributed by atoms with Gasteiger partial charge in [0.05, 0.1) is 6.21 Å². The molecule has 1 rings (SSSR count). The fourth-order valence-electron chi connectivity index (χ4n) is 0.874. The van der Waals surface area contributed by atoms with Crippen LogP contribution in [0.25, 0.3) is 0 Å². The second kappa shape index (κ2) is 8.95. The summed E-state index contributed by atoms with van der Waals surface area (Å²) in [6.07, 6.45) is 3.25. The molecule has 0 heterocycles. The van der Waals surface area contributed by atoms with Gasteiger partial charge in [0.1, 0.15) is 5.82 Å². The van der Waals surface area contributed by atoms with Crippen LogP contribution in [0.5, 0.6) is 0 Å². The Bertz CT molecular complexity index is 404. The summed E-state index contributed by atoms with van der Waals surface area (Å²) in [6.45, 7) is 3.56. The first kappa shape index (κ1) is 15.9. The number of nitrogens with zero attached hydrogens (tertiary/aromatic N) is 2. The van der Waals surface area contributed by atoms with Crippen molar-refractivity contribution in [3.8, 4) is 0 Å². The third kappa shape index (κ3) is 6.91. The zero-order valence-corrected chi connectivity index (χ0v) is 11.6. The summed E-state index contributed by atoms with van der Waals surface area (Å²) in [6, 6.07) is 5.95. The van der Waals surface area contributed by atoms with Crippen LogP contribution in [0.15, 0.2) is 47.1 Å². The van der Waals surface area contributed by atoms with Gasteiger partial charge in [-0.3, -0.25) is 0 Å². The number of amidine groups is 1. The minimum absolute atomic E-state index is 0. The molecule has 0 amide bonds. The largest absolute Gasteiger partial charge is 0.377 e. The van der Waals surface area contributed by atoms with Crippen LogP contribution in [0.3, 0.4) is 0 Å². The van der Waals surface area contributed by atoms with Gasteiger partial charge in [0.25, 0.3) is 0 Å². The van der Waals surface area contributed by atoms with E-state index >= 15 is 0 Å². The summed E-state index contributed by atoms with van der Waals surface area (Å²) < 4.78 is 12.6. The van der Waals surface area contributed by atoms with E-state index in [2.05, 4.69) is 16.8 Å². The lowest BCUT2D eigenvalue weighted by atomic mass is 10.2. The van der Waals surface area contributed by atoms with Crippen LogP contribution in [-0.2, 0) is 0 Å². The highest BCUT2D eigenvalue weighted by atomic mass is 79.9. The van der Waals surface area contributed by atoms with Crippen molar-refractivity contribution in [2.75, 3.05) is 5.75 Å². The van der Waals surface area contributed by atoms with Gasteiger partial charge in [-0.2, -0.15) is 5.10 Å². The van der Waals surface area contributed by atoms with Crippen LogP contribution in [0.2, 0.25) is 0 Å². The molecule has 92 valence electrons. The Balaban J connectivity index is 0.00000256. The van der Waals surface area contributed by atoms with Crippen molar-refractivity contribution in [1.82, 2.24) is 0 Å². The minimum Gasteiger partial charge on any atom is -0.377 e. The lowest BCUT2D eigenvalue weighted by molar-refractivity contribution is 0.628. The van der Waals surface area contributed by atoms with E-state index in [0.29, 0.717) is 10.9 Å². The predicted octanol–water partition coefficient (Wildman–Crippen LogP) is 2.97. The molecule has 1 aromatic rings. The van der Waals surface area contributed by atoms with Crippen molar-refractivity contribution < 1.29 is 4.39 Å². The van der Waals surface area contributed by atoms with E-state index in [0.717, 1.165) is 5.56 Å². The van der Waals surface area contributed by atoms with Crippen LogP contribution in [0.4, 0.5) is 4.39 Å². The van der Waals surface area contributed by atoms with E-state index in [9.17, 15) is 4.39 Å². The Morgan fingerprint density at radius 1 is 1.41 bits per heavy atom. The van der Waals surface area contributed by atoms with Gasteiger partial charge in [0.2, 0.25) is 0 Å². The van der Waals surface area contributed by atoms with Crippen molar-refractivity contribution in [2.24, 2.45) is 15.9 Å². The van der Waals surface area contributed by atoms with Crippen molar-refractivity contribution in [2.45, 2.75) is 0 Å². The number of hydrogen-bond donors (Lipinski definition) is 1. The van der Waals surface area contributed by atoms with E-state index in [1.54, 1.807) is 18.2 Å². The quantitative estimate of drug-likeness (QED) is 0.402. The Morgan fingerprint density at radius 3 is 2.65 bits per heavy atom. The van der Waals surface area contributed by atoms with E-state index < -0.39 is 0 Å². The molecule has 0 atom stereocenters. The summed E-state index contributed by atoms with van der Waals surface area (Å²) in [5.74, 6) is 0.420. The third-order valence-corrected chi connectivity index (χ3v) is 2.36. The molecule has 0 radical (unpaired) electrons. The molecule has 1 aromatic carbocycles. The first-order chi connectivity index (χ1) is 7.72. The van der Waals surface area contributed by atoms with E-state index in [-0.39, 0.29) is 22.8 Å². The number of hydrogen-bond acceptors (Lipinski definition) is 3. The summed E-state index contributed by atoms with van der Waals surface area (Å²) >= 11 is 1.35. The summed E-state index contributed by atoms with van der Waals surface area (Å²) in [5.41, 5.74) is 6.31. The van der Waals surface area contributed by atoms with Crippen molar-refractivity contribution in [3.63, 3.8) is 0 Å². The molecular weight excluding hydrogens is 305 g/mol. The van der Waals surface area contributed by atoms with E-state index in [1.165, 1.54) is 30.1 Å². The molecule has 0 aliphatic carbocycles. The summed E-state index contributed by atoms with van der Waals surface area (Å²) in [4.78, 5) is 0. The van der Waals surface area contributed by atoms with Crippen LogP contribution in [0, 0.1) is 5.82 Å². The van der Waals surface area contributed by atoms with Gasteiger partial charge in [-0.1, -0.05) is 30.0 Å². The first-order valence-corrected chi connectivity index (χ1v) is 5.56. The molecule has 0 aromatic heterocycles. The van der Waals surface area contributed by atoms with Gasteiger partial charge in [0, 0.05) is 5.75 Å². The van der Waals surface area contributed by atoms with Gasteiger partial charge in [-0.25, -0.2) is 4.39 Å². The molecule has 6 heteroatoms. The Labute approximate surface area is 114 Å². The zero-order valence-electron chi connectivity index (χ0n) is 9.04. The molecule has 0 bridgehead atoms. The average molecular weight is 318 g/mol. The van der Waals surface area contributed by atoms with Gasteiger partial charge < -0.3 is 5.73 Å². The predicted molar refractivity (Wildman–Crippen MR) is 78.6 cm³/mol. The molecule has 0 fully saturated rings. The SMILES string of the molecule is Br.C=CCS/C(N)=N\N=C\c1ccc(F)cc1. The third-order valence-electron chi connectivity index (χ3n) is 1.58. The summed E-state index contributed by atoms with van der Waals surface area (Å²) in [7, 11) is 0. The van der Waals surface area contributed by atoms with Crippen molar-refractivity contribution in [3.05, 3.63) is 48.3 Å². The van der Waals surface area contributed by atoms with Crippen molar-refractivity contribution >= 4 is 40.1 Å². The van der Waals surface area contributed by atoms with Crippen LogP contribution < -0.4 is 5.73 Å². The van der Waals surface area contributed by atoms with Gasteiger partial charge in [-0.05, 0) is 17.7 Å². The zero-order chi connectivity index (χ0) is 11.8. The first-order valence-electron chi connectivity index (χ1n) is 4.58. The number of halogens is 2. The molecule has 0 aliphatic rings. The molecule has 0 spiro atoms. The monoisotopic (exact) mass is 317 g/mol. The maximum absolute atomic E-state index is 12.6. The van der Waals surface area contributed by atoms with E-state index in [4.69, 9.17) is 5.73 Å². The smallest absolute Gasteiger partial charge is 0.180 e. The van der Waals surface area contributed by atoms with Gasteiger partial charge in [0.15, 0.2) is 5.17 Å². The lowest BCUT2D eigenvalue weighted by Gasteiger charge is -1.93. The molecular formula is C11H13BrFN3S. The molecule has 17 heavy (non-hydrogen) atoms. The van der Waals surface area contributed by atoms with Crippen molar-refractivity contribution in [1.29, 1.82) is 0 Å². The van der Waals surface area contributed by atoms with E-state index in [1.807, 2.05) is 0 Å². The Morgan fingerprint density at radius 2 is 2.06 bits per heavy atom. The normalized spacial score (nSPS) is 11.2. The number of rotatable bonds is 4. The van der Waals surface area contributed by atoms with Crippen LogP contribution >= 0.6 is 28.7 Å². The number of thioether (sulfide) groups is 1. The number of nitrogens with two attached hydrogens (primary N) is 1. The molecule has 0 saturated carbocycles. The average Bonchev–Trinajstić information content (AvgIpc) is 2.29. The standard InChI is InChI=1S/C11H12FN3S.BrH/c1-2-7-16-11(13)15-14-8-9-3-5-10(12)6-4-9;/h2-6,8H,1,7H2,(H2,13,15);1H/b14-8+;. The Kier molecular flexibility index (Phi) is 8.35. The molecule has 3 nitrogen and oxygen atoms in total. The minimum atomic E-state index is -0.276. The second-order valence-corrected chi connectivity index (χ2v) is 3.87. The van der Waals surface area contributed by atoms with Gasteiger partial charge in [-0.15, -0.1) is 28.7 Å². The molecule has 0 aliphatic heterocycles. The highest BCUT2D eigenvalue weighted by Gasteiger charge is 1.90. The second-order valence-electron chi connectivity index (χ2n) is 2.83. The Hall–Kier alpha value is -1.14. The maximum Gasteiger partial charge on any atom is 0.180 e. The highest BCUT2D eigenvalue weighted by Crippen LogP contribution is 2.01. The fraction of sp³-hybridized carbons (Fsp3) is 0.0909. The highest BCUT2D eigenvalue weighted by molar-refractivity contribution is 8.93. The van der Waals surface area contributed by atoms with Crippen LogP contribution in [0.1, 0.15) is 5.56 Å². The molecule has 2 N–H and O–H groups in total. The van der Waals surface area contributed by atoms with Gasteiger partial charge >= 0.3 is 0 Å². The maximum atomic E-state index is 12.6. The number of benzene rings is 1. The van der Waals surface area contributed by atoms with Crippen LogP contribution in [-0.4, -0.2) is 17.1 Å². The summed E-state index contributed by atoms with van der Waals surface area (Å²) in [5, 5.41) is 7.92. The fourth-order valence-corrected chi connectivity index (χ4v) is 1.27. The topological polar surface area (TPSA) is 50.7 Å². The molecule has 0 unspecified atom stereocenters.